The normalized spacial score (nSPS) is 11.1. The van der Waals surface area contributed by atoms with Gasteiger partial charge < -0.3 is 10.2 Å². The van der Waals surface area contributed by atoms with E-state index in [-0.39, 0.29) is 17.9 Å². The van der Waals surface area contributed by atoms with Gasteiger partial charge in [-0.15, -0.1) is 0 Å². The second kappa shape index (κ2) is 9.27. The molecule has 4 aromatic rings. The van der Waals surface area contributed by atoms with Crippen LogP contribution in [-0.4, -0.2) is 45.6 Å². The lowest BCUT2D eigenvalue weighted by Gasteiger charge is -2.14. The number of benzene rings is 2. The number of hydrogen-bond donors (Lipinski definition) is 1. The lowest BCUT2D eigenvalue weighted by molar-refractivity contribution is 0.0827. The molecule has 0 fully saturated rings. The van der Waals surface area contributed by atoms with Crippen LogP contribution in [0.15, 0.2) is 54.7 Å². The molecular weight excluding hydrogens is 450 g/mol. The fraction of sp³-hybridized carbons (Fsp3) is 0.231. The number of carbonyl (C=O) groups is 2. The molecule has 0 bridgehead atoms. The standard InChI is InChI=1S/C26H26ClN5O2/c1-15(2)32-24-21(14-28-32)19(13-23(30-24)18-9-7-6-8-16(18)3)25(33)29-17-10-11-22(27)20(12-17)26(34)31(4)5/h6-15H,1-5H3,(H,29,33). The van der Waals surface area contributed by atoms with E-state index >= 15 is 0 Å². The fourth-order valence-electron chi connectivity index (χ4n) is 3.79. The van der Waals surface area contributed by atoms with Crippen molar-refractivity contribution in [3.8, 4) is 11.3 Å². The number of nitrogens with zero attached hydrogens (tertiary/aromatic N) is 4. The summed E-state index contributed by atoms with van der Waals surface area (Å²) < 4.78 is 1.81. The predicted octanol–water partition coefficient (Wildman–Crippen LogP) is 5.60. The van der Waals surface area contributed by atoms with E-state index in [2.05, 4.69) is 10.4 Å². The van der Waals surface area contributed by atoms with E-state index in [1.165, 1.54) is 4.90 Å². The van der Waals surface area contributed by atoms with Gasteiger partial charge in [0.15, 0.2) is 5.65 Å². The first-order valence-corrected chi connectivity index (χ1v) is 11.3. The molecule has 34 heavy (non-hydrogen) atoms. The molecule has 0 aliphatic carbocycles. The molecule has 1 N–H and O–H groups in total. The van der Waals surface area contributed by atoms with Gasteiger partial charge in [-0.05, 0) is 50.6 Å². The van der Waals surface area contributed by atoms with Crippen LogP contribution in [0.3, 0.4) is 0 Å². The van der Waals surface area contributed by atoms with Crippen molar-refractivity contribution in [1.82, 2.24) is 19.7 Å². The van der Waals surface area contributed by atoms with Gasteiger partial charge in [-0.2, -0.15) is 5.10 Å². The van der Waals surface area contributed by atoms with Crippen LogP contribution in [0.2, 0.25) is 5.02 Å². The highest BCUT2D eigenvalue weighted by molar-refractivity contribution is 6.34. The summed E-state index contributed by atoms with van der Waals surface area (Å²) in [5.74, 6) is -0.566. The Morgan fingerprint density at radius 2 is 1.79 bits per heavy atom. The lowest BCUT2D eigenvalue weighted by Crippen LogP contribution is -2.22. The van der Waals surface area contributed by atoms with Crippen LogP contribution < -0.4 is 5.32 Å². The molecule has 0 aliphatic heterocycles. The first-order valence-electron chi connectivity index (χ1n) is 10.9. The van der Waals surface area contributed by atoms with Crippen molar-refractivity contribution in [1.29, 1.82) is 0 Å². The summed E-state index contributed by atoms with van der Waals surface area (Å²) in [5.41, 5.74) is 4.57. The Balaban J connectivity index is 1.81. The molecular formula is C26H26ClN5O2. The number of amides is 2. The maximum absolute atomic E-state index is 13.5. The molecule has 0 unspecified atom stereocenters. The largest absolute Gasteiger partial charge is 0.345 e. The fourth-order valence-corrected chi connectivity index (χ4v) is 3.99. The monoisotopic (exact) mass is 475 g/mol. The van der Waals surface area contributed by atoms with Gasteiger partial charge >= 0.3 is 0 Å². The van der Waals surface area contributed by atoms with Gasteiger partial charge in [-0.3, -0.25) is 9.59 Å². The summed E-state index contributed by atoms with van der Waals surface area (Å²) >= 11 is 6.22. The van der Waals surface area contributed by atoms with E-state index in [4.69, 9.17) is 16.6 Å². The van der Waals surface area contributed by atoms with Crippen molar-refractivity contribution in [3.63, 3.8) is 0 Å². The van der Waals surface area contributed by atoms with E-state index in [1.807, 2.05) is 49.7 Å². The predicted molar refractivity (Wildman–Crippen MR) is 136 cm³/mol. The SMILES string of the molecule is Cc1ccccc1-c1cc(C(=O)Nc2ccc(Cl)c(C(=O)N(C)C)c2)c2cnn(C(C)C)c2n1. The number of rotatable bonds is 5. The van der Waals surface area contributed by atoms with Gasteiger partial charge in [0.25, 0.3) is 11.8 Å². The Morgan fingerprint density at radius 3 is 2.47 bits per heavy atom. The highest BCUT2D eigenvalue weighted by Crippen LogP contribution is 2.29. The van der Waals surface area contributed by atoms with Crippen LogP contribution in [0.25, 0.3) is 22.3 Å². The summed E-state index contributed by atoms with van der Waals surface area (Å²) in [6.45, 7) is 6.05. The third-order valence-corrected chi connectivity index (χ3v) is 5.91. The van der Waals surface area contributed by atoms with Crippen LogP contribution in [0.5, 0.6) is 0 Å². The Kier molecular flexibility index (Phi) is 6.39. The molecule has 4 rings (SSSR count). The highest BCUT2D eigenvalue weighted by atomic mass is 35.5. The zero-order chi connectivity index (χ0) is 24.6. The average Bonchev–Trinajstić information content (AvgIpc) is 3.23. The molecule has 0 spiro atoms. The Morgan fingerprint density at radius 1 is 1.06 bits per heavy atom. The molecule has 7 nitrogen and oxygen atoms in total. The molecule has 8 heteroatoms. The van der Waals surface area contributed by atoms with Crippen LogP contribution >= 0.6 is 11.6 Å². The van der Waals surface area contributed by atoms with Crippen molar-refractivity contribution in [3.05, 3.63) is 76.4 Å². The topological polar surface area (TPSA) is 80.1 Å². The van der Waals surface area contributed by atoms with Crippen molar-refractivity contribution < 1.29 is 9.59 Å². The van der Waals surface area contributed by atoms with Crippen LogP contribution in [-0.2, 0) is 0 Å². The van der Waals surface area contributed by atoms with Gasteiger partial charge in [0, 0.05) is 31.4 Å². The summed E-state index contributed by atoms with van der Waals surface area (Å²) in [4.78, 5) is 32.2. The Bertz CT molecular complexity index is 1410. The van der Waals surface area contributed by atoms with E-state index < -0.39 is 0 Å². The molecule has 174 valence electrons. The zero-order valence-corrected chi connectivity index (χ0v) is 20.5. The van der Waals surface area contributed by atoms with Crippen molar-refractivity contribution in [2.45, 2.75) is 26.8 Å². The van der Waals surface area contributed by atoms with Crippen LogP contribution in [0.4, 0.5) is 5.69 Å². The first kappa shape index (κ1) is 23.4. The van der Waals surface area contributed by atoms with E-state index in [9.17, 15) is 9.59 Å². The molecule has 0 saturated carbocycles. The quantitative estimate of drug-likeness (QED) is 0.407. The molecule has 2 amide bonds. The number of carbonyl (C=O) groups excluding carboxylic acids is 2. The van der Waals surface area contributed by atoms with Gasteiger partial charge in [0.05, 0.1) is 33.4 Å². The van der Waals surface area contributed by atoms with Crippen molar-refractivity contribution in [2.24, 2.45) is 0 Å². The molecule has 0 radical (unpaired) electrons. The van der Waals surface area contributed by atoms with Crippen LogP contribution in [0.1, 0.15) is 46.2 Å². The summed E-state index contributed by atoms with van der Waals surface area (Å²) in [7, 11) is 3.30. The van der Waals surface area contributed by atoms with Crippen LogP contribution in [0, 0.1) is 6.92 Å². The number of fused-ring (bicyclic) bond motifs is 1. The van der Waals surface area contributed by atoms with E-state index in [0.717, 1.165) is 11.1 Å². The molecule has 2 heterocycles. The number of hydrogen-bond acceptors (Lipinski definition) is 4. The first-order chi connectivity index (χ1) is 16.2. The molecule has 2 aromatic carbocycles. The number of nitrogens with one attached hydrogen (secondary N) is 1. The van der Waals surface area contributed by atoms with Crippen molar-refractivity contribution >= 4 is 40.1 Å². The second-order valence-electron chi connectivity index (χ2n) is 8.64. The maximum Gasteiger partial charge on any atom is 0.256 e. The average molecular weight is 476 g/mol. The van der Waals surface area contributed by atoms with Gasteiger partial charge in [0.2, 0.25) is 0 Å². The minimum absolute atomic E-state index is 0.0731. The van der Waals surface area contributed by atoms with Gasteiger partial charge in [0.1, 0.15) is 0 Å². The maximum atomic E-state index is 13.5. The smallest absolute Gasteiger partial charge is 0.256 e. The summed E-state index contributed by atoms with van der Waals surface area (Å²) in [6.07, 6.45) is 1.67. The number of halogens is 1. The molecule has 0 saturated heterocycles. The van der Waals surface area contributed by atoms with Gasteiger partial charge in [-0.1, -0.05) is 35.9 Å². The zero-order valence-electron chi connectivity index (χ0n) is 19.8. The molecule has 2 aromatic heterocycles. The third kappa shape index (κ3) is 4.39. The number of aromatic nitrogens is 3. The van der Waals surface area contributed by atoms with E-state index in [1.54, 1.807) is 44.6 Å². The van der Waals surface area contributed by atoms with Gasteiger partial charge in [-0.25, -0.2) is 9.67 Å². The number of aryl methyl sites for hydroxylation is 1. The lowest BCUT2D eigenvalue weighted by atomic mass is 10.0. The summed E-state index contributed by atoms with van der Waals surface area (Å²) in [5, 5.41) is 8.36. The van der Waals surface area contributed by atoms with E-state index in [0.29, 0.717) is 38.6 Å². The van der Waals surface area contributed by atoms with Crippen molar-refractivity contribution in [2.75, 3.05) is 19.4 Å². The third-order valence-electron chi connectivity index (χ3n) is 5.58. The second-order valence-corrected chi connectivity index (χ2v) is 9.05. The minimum atomic E-state index is -0.323. The Labute approximate surface area is 203 Å². The highest BCUT2D eigenvalue weighted by Gasteiger charge is 2.20. The molecule has 0 aliphatic rings. The minimum Gasteiger partial charge on any atom is -0.345 e. The number of pyridine rings is 1. The Hall–Kier alpha value is -3.71. The number of anilines is 1. The summed E-state index contributed by atoms with van der Waals surface area (Å²) in [6, 6.07) is 14.6. The molecule has 0 atom stereocenters.